The number of benzene rings is 3. The quantitative estimate of drug-likeness (QED) is 0.0732. The molecule has 0 radical (unpaired) electrons. The van der Waals surface area contributed by atoms with E-state index in [4.69, 9.17) is 44.7 Å². The number of fused-ring (bicyclic) bond motifs is 2. The van der Waals surface area contributed by atoms with E-state index in [9.17, 15) is 29.4 Å². The first-order valence-corrected chi connectivity index (χ1v) is 21.7. The number of ether oxygens (including phenoxy) is 5. The van der Waals surface area contributed by atoms with Crippen molar-refractivity contribution in [2.45, 2.75) is 86.4 Å². The number of allylic oxidation sites excluding steroid dienone is 2. The maximum absolute atomic E-state index is 14.7. The Labute approximate surface area is 377 Å². The van der Waals surface area contributed by atoms with E-state index >= 15 is 0 Å². The number of hydrogen-bond donors (Lipinski definition) is 3. The predicted octanol–water partition coefficient (Wildman–Crippen LogP) is 7.87. The molecule has 3 heterocycles. The molecule has 0 saturated heterocycles. The van der Waals surface area contributed by atoms with Gasteiger partial charge in [-0.1, -0.05) is 64.4 Å². The molecule has 2 aliphatic rings. The second kappa shape index (κ2) is 18.9. The van der Waals surface area contributed by atoms with Crippen LogP contribution in [0.3, 0.4) is 0 Å². The van der Waals surface area contributed by atoms with E-state index in [1.807, 2.05) is 53.6 Å². The Morgan fingerprint density at radius 2 is 1.72 bits per heavy atom. The molecule has 0 spiro atoms. The van der Waals surface area contributed by atoms with Crippen molar-refractivity contribution in [3.05, 3.63) is 74.6 Å². The monoisotopic (exact) mass is 903 g/mol. The number of methoxy groups -OCH3 is 1. The molecule has 4 aromatic rings. The number of aliphatic hydroxyl groups excluding tert-OH is 1. The van der Waals surface area contributed by atoms with Crippen molar-refractivity contribution >= 4 is 67.9 Å². The van der Waals surface area contributed by atoms with Crippen molar-refractivity contribution in [3.63, 3.8) is 0 Å². The van der Waals surface area contributed by atoms with Crippen LogP contribution in [0.25, 0.3) is 33.0 Å². The number of nitrogens with zero attached hydrogens (tertiary/aromatic N) is 2. The molecule has 1 amide bonds. The Morgan fingerprint density at radius 3 is 2.38 bits per heavy atom. The molecule has 16 heteroatoms. The van der Waals surface area contributed by atoms with Crippen LogP contribution in [0.2, 0.25) is 5.02 Å². The summed E-state index contributed by atoms with van der Waals surface area (Å²) >= 11 is 6.68. The Morgan fingerprint density at radius 1 is 1.02 bits per heavy atom. The lowest BCUT2D eigenvalue weighted by Crippen LogP contribution is -2.43. The van der Waals surface area contributed by atoms with Crippen LogP contribution in [0.4, 0.5) is 5.69 Å². The lowest BCUT2D eigenvalue weighted by atomic mass is 9.73. The van der Waals surface area contributed by atoms with Gasteiger partial charge in [0.05, 0.1) is 34.4 Å². The summed E-state index contributed by atoms with van der Waals surface area (Å²) in [6.45, 7) is 16.3. The van der Waals surface area contributed by atoms with Crippen LogP contribution in [-0.4, -0.2) is 96.2 Å². The lowest BCUT2D eigenvalue weighted by molar-refractivity contribution is -0.157. The molecule has 4 bridgehead atoms. The zero-order valence-corrected chi connectivity index (χ0v) is 39.1. The number of phenols is 1. The third-order valence-corrected chi connectivity index (χ3v) is 13.1. The fourth-order valence-corrected chi connectivity index (χ4v) is 8.69. The van der Waals surface area contributed by atoms with Gasteiger partial charge in [-0.05, 0) is 57.8 Å². The second-order valence-corrected chi connectivity index (χ2v) is 17.9. The SMILES string of the molecule is CO[C@H]1/C=C/O[C@@]2(C)Oc3c(C)c(=O)c4c(O)c(c5oc6cc(OCCN(C)C)c(Cl)cc6nc5c4c3C2=O)NC(=O)/C(C)=C\C=C\[C@H](C)[C@H](O)[C@@H](C)[C@@H](C)[C@@H](C)[C@H](OC(C)=O)[C@@H]1C. The zero-order valence-electron chi connectivity index (χ0n) is 38.3. The van der Waals surface area contributed by atoms with E-state index in [-0.39, 0.29) is 89.8 Å². The Bertz CT molecular complexity index is 2650. The van der Waals surface area contributed by atoms with Crippen LogP contribution in [0.15, 0.2) is 57.5 Å². The molecular weight excluding hydrogens is 846 g/mol. The van der Waals surface area contributed by atoms with Gasteiger partial charge in [0.25, 0.3) is 11.7 Å². The Balaban J connectivity index is 1.59. The minimum atomic E-state index is -2.03. The van der Waals surface area contributed by atoms with Crippen molar-refractivity contribution in [2.24, 2.45) is 29.6 Å². The molecule has 3 N–H and O–H groups in total. The first-order valence-electron chi connectivity index (χ1n) is 21.3. The summed E-state index contributed by atoms with van der Waals surface area (Å²) in [5.74, 6) is -5.81. The minimum Gasteiger partial charge on any atom is -0.505 e. The van der Waals surface area contributed by atoms with Gasteiger partial charge < -0.3 is 48.5 Å². The number of carbonyl (C=O) groups excluding carboxylic acids is 3. The summed E-state index contributed by atoms with van der Waals surface area (Å²) in [5.41, 5.74) is -0.718. The van der Waals surface area contributed by atoms with Gasteiger partial charge in [-0.2, -0.15) is 0 Å². The highest BCUT2D eigenvalue weighted by molar-refractivity contribution is 6.33. The Kier molecular flexibility index (Phi) is 14.2. The topological polar surface area (TPSA) is 196 Å². The number of esters is 1. The first-order chi connectivity index (χ1) is 30.1. The van der Waals surface area contributed by atoms with Crippen molar-refractivity contribution in [2.75, 3.05) is 39.7 Å². The van der Waals surface area contributed by atoms with Crippen LogP contribution in [0.5, 0.6) is 17.2 Å². The molecule has 1 aromatic heterocycles. The predicted molar refractivity (Wildman–Crippen MR) is 244 cm³/mol. The number of halogens is 1. The average Bonchev–Trinajstić information content (AvgIpc) is 3.51. The number of aromatic hydroxyl groups is 1. The third kappa shape index (κ3) is 9.08. The van der Waals surface area contributed by atoms with Crippen molar-refractivity contribution in [3.8, 4) is 17.2 Å². The van der Waals surface area contributed by atoms with E-state index < -0.39 is 58.9 Å². The van der Waals surface area contributed by atoms with Crippen molar-refractivity contribution in [1.82, 2.24) is 9.88 Å². The van der Waals surface area contributed by atoms with Gasteiger partial charge in [-0.3, -0.25) is 19.2 Å². The molecule has 2 aliphatic heterocycles. The molecule has 0 saturated carbocycles. The number of ketones is 1. The van der Waals surface area contributed by atoms with Crippen LogP contribution >= 0.6 is 11.6 Å². The van der Waals surface area contributed by atoms with E-state index in [1.54, 1.807) is 31.2 Å². The maximum Gasteiger partial charge on any atom is 0.312 e. The van der Waals surface area contributed by atoms with E-state index in [1.165, 1.54) is 46.3 Å². The number of nitrogens with one attached hydrogen (secondary N) is 1. The number of hydrogen-bond acceptors (Lipinski definition) is 14. The minimum absolute atomic E-state index is 0.00707. The van der Waals surface area contributed by atoms with Gasteiger partial charge in [0.15, 0.2) is 22.3 Å². The number of aliphatic hydroxyl groups is 1. The van der Waals surface area contributed by atoms with Crippen LogP contribution in [-0.2, 0) is 23.8 Å². The number of aromatic nitrogens is 1. The molecule has 6 rings (SSSR count). The maximum atomic E-state index is 14.7. The third-order valence-electron chi connectivity index (χ3n) is 12.8. The van der Waals surface area contributed by atoms with E-state index in [0.717, 1.165) is 0 Å². The molecule has 9 atom stereocenters. The summed E-state index contributed by atoms with van der Waals surface area (Å²) in [5, 5.41) is 26.2. The molecule has 3 aromatic carbocycles. The van der Waals surface area contributed by atoms with E-state index in [2.05, 4.69) is 5.32 Å². The zero-order chi connectivity index (χ0) is 47.1. The highest BCUT2D eigenvalue weighted by Gasteiger charge is 2.49. The van der Waals surface area contributed by atoms with Gasteiger partial charge in [-0.25, -0.2) is 4.98 Å². The molecule has 344 valence electrons. The molecular formula is C48H58ClN3O12. The highest BCUT2D eigenvalue weighted by Crippen LogP contribution is 2.49. The molecule has 64 heavy (non-hydrogen) atoms. The van der Waals surface area contributed by atoms with Gasteiger partial charge in [0, 0.05) is 61.9 Å². The van der Waals surface area contributed by atoms with Crippen LogP contribution in [0, 0.1) is 36.5 Å². The number of amides is 1. The summed E-state index contributed by atoms with van der Waals surface area (Å²) < 4.78 is 36.5. The standard InChI is InChI=1S/C48H58ClN3O12/c1-22-14-13-15-23(2)47(58)51-39-42(56)36-35(38-45(39)63-34-21-33(60-19-17-52(10)11)30(49)20-31(34)50-38)37-44(28(7)41(36)55)64-48(9,46(37)57)61-18-16-32(59-12)27(6)43(62-29(8)53)26(5)24(3)25(4)40(22)54/h13-16,18,20-22,24-27,32,40,43,54,56H,17,19H2,1-12H3,(H,51,58)/b14-13+,18-16+,23-15-/t22-,24+,25-,26+,27+,32-,40-,43-,48-/m0/s1. The molecule has 0 unspecified atom stereocenters. The van der Waals surface area contributed by atoms with Crippen molar-refractivity contribution < 1.29 is 52.7 Å². The number of Topliss-reactive ketones (excluding diaryl/α,β-unsaturated/α-hetero) is 1. The molecule has 0 fully saturated rings. The summed E-state index contributed by atoms with van der Waals surface area (Å²) in [7, 11) is 5.30. The summed E-state index contributed by atoms with van der Waals surface area (Å²) in [6.07, 6.45) is 5.67. The lowest BCUT2D eigenvalue weighted by Gasteiger charge is -2.39. The van der Waals surface area contributed by atoms with Crippen LogP contribution in [0.1, 0.15) is 71.3 Å². The smallest absolute Gasteiger partial charge is 0.312 e. The van der Waals surface area contributed by atoms with E-state index in [0.29, 0.717) is 18.9 Å². The highest BCUT2D eigenvalue weighted by atomic mass is 35.5. The van der Waals surface area contributed by atoms with Crippen LogP contribution < -0.4 is 20.2 Å². The second-order valence-electron chi connectivity index (χ2n) is 17.5. The van der Waals surface area contributed by atoms with Gasteiger partial charge in [0.1, 0.15) is 40.9 Å². The fraction of sp³-hybridized carbons (Fsp3) is 0.479. The number of likely N-dealkylation sites (N-methyl/N-ethyl adjacent to an activating group) is 1. The van der Waals surface area contributed by atoms with Gasteiger partial charge in [-0.15, -0.1) is 0 Å². The molecule has 15 nitrogen and oxygen atoms in total. The number of anilines is 1. The summed E-state index contributed by atoms with van der Waals surface area (Å²) in [4.78, 5) is 62.4. The first kappa shape index (κ1) is 48.0. The summed E-state index contributed by atoms with van der Waals surface area (Å²) in [6, 6.07) is 3.05. The number of phenolic OH excluding ortho intramolecular Hbond substituents is 1. The van der Waals surface area contributed by atoms with Gasteiger partial charge >= 0.3 is 11.8 Å². The fourth-order valence-electron chi connectivity index (χ4n) is 8.47. The Hall–Kier alpha value is -5.48. The number of rotatable bonds is 6. The average molecular weight is 904 g/mol. The van der Waals surface area contributed by atoms with Crippen molar-refractivity contribution in [1.29, 1.82) is 0 Å². The normalized spacial score (nSPS) is 28.8. The number of carbonyl (C=O) groups is 3. The largest absolute Gasteiger partial charge is 0.505 e. The van der Waals surface area contributed by atoms with Gasteiger partial charge in [0.2, 0.25) is 0 Å². The molecule has 0 aliphatic carbocycles.